The molecule has 3 rings (SSSR count). The van der Waals surface area contributed by atoms with E-state index in [2.05, 4.69) is 4.98 Å². The molecule has 1 heterocycles. The highest BCUT2D eigenvalue weighted by Gasteiger charge is 2.40. The van der Waals surface area contributed by atoms with Crippen molar-refractivity contribution in [1.82, 2.24) is 9.55 Å². The minimum absolute atomic E-state index is 0.0664. The quantitative estimate of drug-likeness (QED) is 0.558. The highest BCUT2D eigenvalue weighted by molar-refractivity contribution is 5.76. The van der Waals surface area contributed by atoms with E-state index in [9.17, 15) is 18.7 Å². The van der Waals surface area contributed by atoms with E-state index in [1.54, 1.807) is 48.1 Å². The number of carbonyl (C=O) groups is 1. The van der Waals surface area contributed by atoms with Crippen molar-refractivity contribution < 1.29 is 18.7 Å². The lowest BCUT2D eigenvalue weighted by Gasteiger charge is -2.35. The number of carboxylic acid groups (broad SMARTS) is 1. The molecule has 0 aliphatic carbocycles. The topological polar surface area (TPSA) is 55.1 Å². The van der Waals surface area contributed by atoms with Crippen LogP contribution in [-0.4, -0.2) is 20.6 Å². The second-order valence-corrected chi connectivity index (χ2v) is 7.48. The van der Waals surface area contributed by atoms with Gasteiger partial charge in [0.05, 0.1) is 6.33 Å². The van der Waals surface area contributed by atoms with Gasteiger partial charge < -0.3 is 9.67 Å². The normalized spacial score (nSPS) is 15.4. The first-order valence-corrected chi connectivity index (χ1v) is 9.58. The number of aliphatic carboxylic acids is 1. The molecule has 3 unspecified atom stereocenters. The van der Waals surface area contributed by atoms with Crippen molar-refractivity contribution in [2.24, 2.45) is 0 Å². The Kier molecular flexibility index (Phi) is 6.11. The van der Waals surface area contributed by atoms with E-state index in [0.29, 0.717) is 6.42 Å². The Balaban J connectivity index is 2.08. The van der Waals surface area contributed by atoms with Crippen LogP contribution in [0.3, 0.4) is 0 Å². The van der Waals surface area contributed by atoms with E-state index in [1.807, 2.05) is 6.92 Å². The van der Waals surface area contributed by atoms with E-state index in [1.165, 1.54) is 30.6 Å². The standard InChI is InChI=1S/C23H24F2N2O2/c1-3-20(16-4-8-18(24)9-5-16)21(17-6-10-19(25)11-7-17)14-23(2,22(28)29)27-13-12-26-15-27/h4-13,15,20-21H,3,14H2,1-2H3,(H,28,29). The van der Waals surface area contributed by atoms with Crippen molar-refractivity contribution in [2.45, 2.75) is 44.1 Å². The van der Waals surface area contributed by atoms with E-state index in [-0.39, 0.29) is 29.9 Å². The van der Waals surface area contributed by atoms with Crippen LogP contribution in [0, 0.1) is 11.6 Å². The van der Waals surface area contributed by atoms with Gasteiger partial charge in [0.25, 0.3) is 0 Å². The van der Waals surface area contributed by atoms with Crippen LogP contribution in [0.1, 0.15) is 49.7 Å². The molecule has 0 radical (unpaired) electrons. The summed E-state index contributed by atoms with van der Waals surface area (Å²) in [6.07, 6.45) is 5.66. The maximum Gasteiger partial charge on any atom is 0.329 e. The summed E-state index contributed by atoms with van der Waals surface area (Å²) in [5.41, 5.74) is 0.514. The molecule has 1 aromatic heterocycles. The van der Waals surface area contributed by atoms with Crippen molar-refractivity contribution in [3.63, 3.8) is 0 Å². The molecule has 4 nitrogen and oxygen atoms in total. The van der Waals surface area contributed by atoms with Crippen molar-refractivity contribution in [3.8, 4) is 0 Å². The third-order valence-electron chi connectivity index (χ3n) is 5.67. The third-order valence-corrected chi connectivity index (χ3v) is 5.67. The fourth-order valence-corrected chi connectivity index (χ4v) is 3.95. The summed E-state index contributed by atoms with van der Waals surface area (Å²) < 4.78 is 28.6. The summed E-state index contributed by atoms with van der Waals surface area (Å²) >= 11 is 0. The Labute approximate surface area is 168 Å². The Morgan fingerprint density at radius 3 is 1.97 bits per heavy atom. The second kappa shape index (κ2) is 8.55. The lowest BCUT2D eigenvalue weighted by atomic mass is 9.73. The number of hydrogen-bond donors (Lipinski definition) is 1. The van der Waals surface area contributed by atoms with E-state index in [4.69, 9.17) is 0 Å². The predicted molar refractivity (Wildman–Crippen MR) is 107 cm³/mol. The highest BCUT2D eigenvalue weighted by Crippen LogP contribution is 2.43. The molecule has 0 spiro atoms. The average Bonchev–Trinajstić information content (AvgIpc) is 3.25. The molecule has 2 aromatic carbocycles. The Morgan fingerprint density at radius 2 is 1.55 bits per heavy atom. The maximum atomic E-state index is 13.5. The van der Waals surface area contributed by atoms with Crippen molar-refractivity contribution >= 4 is 5.97 Å². The molecule has 0 saturated heterocycles. The predicted octanol–water partition coefficient (Wildman–Crippen LogP) is 5.33. The summed E-state index contributed by atoms with van der Waals surface area (Å²) in [6.45, 7) is 3.67. The molecule has 0 amide bonds. The number of imidazole rings is 1. The van der Waals surface area contributed by atoms with Gasteiger partial charge in [0.1, 0.15) is 17.2 Å². The number of aromatic nitrogens is 2. The summed E-state index contributed by atoms with van der Waals surface area (Å²) in [5, 5.41) is 10.0. The smallest absolute Gasteiger partial charge is 0.329 e. The number of benzene rings is 2. The highest BCUT2D eigenvalue weighted by atomic mass is 19.1. The first-order valence-electron chi connectivity index (χ1n) is 9.58. The van der Waals surface area contributed by atoms with Crippen molar-refractivity contribution in [1.29, 1.82) is 0 Å². The van der Waals surface area contributed by atoms with E-state index >= 15 is 0 Å². The summed E-state index contributed by atoms with van der Waals surface area (Å²) in [4.78, 5) is 16.3. The Hall–Kier alpha value is -3.02. The molecular weight excluding hydrogens is 374 g/mol. The molecule has 29 heavy (non-hydrogen) atoms. The molecule has 3 aromatic rings. The first-order chi connectivity index (χ1) is 13.8. The zero-order valence-electron chi connectivity index (χ0n) is 16.4. The zero-order valence-corrected chi connectivity index (χ0v) is 16.4. The van der Waals surface area contributed by atoms with Gasteiger partial charge in [-0.05, 0) is 67.0 Å². The van der Waals surface area contributed by atoms with E-state index in [0.717, 1.165) is 11.1 Å². The fourth-order valence-electron chi connectivity index (χ4n) is 3.95. The Bertz CT molecular complexity index is 940. The van der Waals surface area contributed by atoms with Crippen LogP contribution < -0.4 is 0 Å². The SMILES string of the molecule is CCC(c1ccc(F)cc1)C(CC(C)(C(=O)O)n1ccnc1)c1ccc(F)cc1. The molecule has 0 bridgehead atoms. The molecule has 6 heteroatoms. The van der Waals surface area contributed by atoms with Crippen molar-refractivity contribution in [3.05, 3.63) is 90.0 Å². The summed E-state index contributed by atoms with van der Waals surface area (Å²) in [7, 11) is 0. The lowest BCUT2D eigenvalue weighted by Crippen LogP contribution is -2.40. The minimum atomic E-state index is -1.25. The zero-order chi connectivity index (χ0) is 21.0. The molecule has 1 N–H and O–H groups in total. The van der Waals surface area contributed by atoms with Gasteiger partial charge in [-0.2, -0.15) is 0 Å². The van der Waals surface area contributed by atoms with Crippen LogP contribution in [0.15, 0.2) is 67.3 Å². The van der Waals surface area contributed by atoms with Gasteiger partial charge in [0, 0.05) is 12.4 Å². The number of halogens is 2. The van der Waals surface area contributed by atoms with Gasteiger partial charge in [0.2, 0.25) is 0 Å². The van der Waals surface area contributed by atoms with Gasteiger partial charge >= 0.3 is 5.97 Å². The lowest BCUT2D eigenvalue weighted by molar-refractivity contribution is -0.147. The number of carboxylic acids is 1. The van der Waals surface area contributed by atoms with Crippen LogP contribution in [0.25, 0.3) is 0 Å². The van der Waals surface area contributed by atoms with Gasteiger partial charge in [-0.3, -0.25) is 0 Å². The van der Waals surface area contributed by atoms with Crippen LogP contribution in [-0.2, 0) is 10.3 Å². The minimum Gasteiger partial charge on any atom is -0.479 e. The molecule has 0 fully saturated rings. The maximum absolute atomic E-state index is 13.5. The molecule has 0 saturated carbocycles. The largest absolute Gasteiger partial charge is 0.479 e. The van der Waals surface area contributed by atoms with Gasteiger partial charge in [-0.15, -0.1) is 0 Å². The van der Waals surface area contributed by atoms with Crippen LogP contribution in [0.2, 0.25) is 0 Å². The van der Waals surface area contributed by atoms with E-state index < -0.39 is 11.5 Å². The monoisotopic (exact) mass is 398 g/mol. The van der Waals surface area contributed by atoms with Crippen LogP contribution >= 0.6 is 0 Å². The summed E-state index contributed by atoms with van der Waals surface area (Å²) in [6, 6.07) is 12.4. The molecule has 152 valence electrons. The average molecular weight is 398 g/mol. The van der Waals surface area contributed by atoms with Crippen LogP contribution in [0.4, 0.5) is 8.78 Å². The second-order valence-electron chi connectivity index (χ2n) is 7.48. The van der Waals surface area contributed by atoms with Crippen LogP contribution in [0.5, 0.6) is 0 Å². The first kappa shape index (κ1) is 20.7. The molecule has 3 atom stereocenters. The van der Waals surface area contributed by atoms with Crippen molar-refractivity contribution in [2.75, 3.05) is 0 Å². The summed E-state index contributed by atoms with van der Waals surface area (Å²) in [5.74, 6) is -1.94. The van der Waals surface area contributed by atoms with Gasteiger partial charge in [-0.1, -0.05) is 31.2 Å². The van der Waals surface area contributed by atoms with Gasteiger partial charge in [-0.25, -0.2) is 18.6 Å². The number of nitrogens with zero attached hydrogens (tertiary/aromatic N) is 2. The fraction of sp³-hybridized carbons (Fsp3) is 0.304. The Morgan fingerprint density at radius 1 is 1.03 bits per heavy atom. The molecule has 0 aliphatic rings. The molecule has 0 aliphatic heterocycles. The third kappa shape index (κ3) is 4.36. The van der Waals surface area contributed by atoms with Gasteiger partial charge in [0.15, 0.2) is 0 Å². The number of hydrogen-bond acceptors (Lipinski definition) is 2. The molecular formula is C23H24F2N2O2. The number of rotatable bonds is 8.